The van der Waals surface area contributed by atoms with Crippen LogP contribution in [0.2, 0.25) is 0 Å². The molecule has 0 aliphatic heterocycles. The van der Waals surface area contributed by atoms with E-state index in [0.717, 1.165) is 36.4 Å². The summed E-state index contributed by atoms with van der Waals surface area (Å²) in [5.74, 6) is 2.02. The van der Waals surface area contributed by atoms with Gasteiger partial charge in [-0.05, 0) is 43.4 Å². The molecule has 7 heteroatoms. The third kappa shape index (κ3) is 5.29. The first kappa shape index (κ1) is 19.4. The number of likely N-dealkylation sites (N-methyl/N-ethyl adjacent to an activating group) is 1. The summed E-state index contributed by atoms with van der Waals surface area (Å²) in [6.07, 6.45) is 6.02. The Bertz CT molecular complexity index is 784. The molecule has 1 aromatic carbocycles. The number of guanidine groups is 1. The lowest BCUT2D eigenvalue weighted by molar-refractivity contribution is 0.115. The highest BCUT2D eigenvalue weighted by atomic mass is 19.1. The zero-order valence-electron chi connectivity index (χ0n) is 16.3. The molecule has 0 amide bonds. The second-order valence-corrected chi connectivity index (χ2v) is 6.97. The largest absolute Gasteiger partial charge is 0.379 e. The summed E-state index contributed by atoms with van der Waals surface area (Å²) in [4.78, 5) is 10.5. The Morgan fingerprint density at radius 1 is 1.44 bits per heavy atom. The molecule has 6 nitrogen and oxygen atoms in total. The maximum atomic E-state index is 14.5. The SMILES string of the molecule is CN=C(NCc1ccc(-n2ccnc2C)c(F)c1)N(C)CCOCC1CC1. The molecule has 3 rings (SSSR count). The Balaban J connectivity index is 1.51. The molecule has 1 N–H and O–H groups in total. The Morgan fingerprint density at radius 3 is 2.89 bits per heavy atom. The zero-order valence-corrected chi connectivity index (χ0v) is 16.3. The van der Waals surface area contributed by atoms with Crippen molar-refractivity contribution in [2.24, 2.45) is 10.9 Å². The molecule has 2 aromatic rings. The van der Waals surface area contributed by atoms with E-state index in [1.807, 2.05) is 24.9 Å². The van der Waals surface area contributed by atoms with Crippen molar-refractivity contribution in [2.75, 3.05) is 33.9 Å². The average molecular weight is 373 g/mol. The number of nitrogens with one attached hydrogen (secondary N) is 1. The molecule has 0 radical (unpaired) electrons. The van der Waals surface area contributed by atoms with Gasteiger partial charge in [-0.2, -0.15) is 0 Å². The third-order valence-corrected chi connectivity index (χ3v) is 4.74. The van der Waals surface area contributed by atoms with Gasteiger partial charge in [-0.1, -0.05) is 6.07 Å². The first-order valence-electron chi connectivity index (χ1n) is 9.36. The van der Waals surface area contributed by atoms with Crippen molar-refractivity contribution in [3.63, 3.8) is 0 Å². The first-order chi connectivity index (χ1) is 13.1. The van der Waals surface area contributed by atoms with Gasteiger partial charge in [0, 0.05) is 46.2 Å². The predicted octanol–water partition coefficient (Wildman–Crippen LogP) is 2.75. The van der Waals surface area contributed by atoms with Crippen LogP contribution >= 0.6 is 0 Å². The predicted molar refractivity (Wildman–Crippen MR) is 105 cm³/mol. The summed E-state index contributed by atoms with van der Waals surface area (Å²) in [5.41, 5.74) is 1.36. The molecule has 1 aliphatic rings. The summed E-state index contributed by atoms with van der Waals surface area (Å²) >= 11 is 0. The molecule has 0 spiro atoms. The summed E-state index contributed by atoms with van der Waals surface area (Å²) < 4.78 is 21.9. The Labute approximate surface area is 160 Å². The smallest absolute Gasteiger partial charge is 0.193 e. The lowest BCUT2D eigenvalue weighted by Crippen LogP contribution is -2.40. The van der Waals surface area contributed by atoms with Crippen LogP contribution in [0.3, 0.4) is 0 Å². The van der Waals surface area contributed by atoms with E-state index in [-0.39, 0.29) is 5.82 Å². The summed E-state index contributed by atoms with van der Waals surface area (Å²) in [7, 11) is 3.72. The molecule has 146 valence electrons. The molecule has 0 bridgehead atoms. The van der Waals surface area contributed by atoms with Crippen LogP contribution in [-0.2, 0) is 11.3 Å². The highest BCUT2D eigenvalue weighted by Gasteiger charge is 2.21. The van der Waals surface area contributed by atoms with E-state index < -0.39 is 0 Å². The van der Waals surface area contributed by atoms with Crippen LogP contribution in [0.25, 0.3) is 5.69 Å². The van der Waals surface area contributed by atoms with Crippen molar-refractivity contribution in [2.45, 2.75) is 26.3 Å². The van der Waals surface area contributed by atoms with E-state index >= 15 is 0 Å². The minimum absolute atomic E-state index is 0.271. The van der Waals surface area contributed by atoms with Gasteiger partial charge in [-0.3, -0.25) is 4.99 Å². The monoisotopic (exact) mass is 373 g/mol. The normalized spacial score (nSPS) is 14.4. The number of imidazole rings is 1. The van der Waals surface area contributed by atoms with Crippen LogP contribution in [0.4, 0.5) is 4.39 Å². The standard InChI is InChI=1S/C20H28FN5O/c1-15-23-8-9-26(15)19-7-6-17(12-18(19)21)13-24-20(22-2)25(3)10-11-27-14-16-4-5-16/h6-9,12,16H,4-5,10-11,13-14H2,1-3H3,(H,22,24). The first-order valence-corrected chi connectivity index (χ1v) is 9.36. The van der Waals surface area contributed by atoms with Gasteiger partial charge in [0.05, 0.1) is 12.3 Å². The van der Waals surface area contributed by atoms with Gasteiger partial charge in [0.2, 0.25) is 0 Å². The summed E-state index contributed by atoms with van der Waals surface area (Å²) in [6.45, 7) is 4.66. The third-order valence-electron chi connectivity index (χ3n) is 4.74. The molecule has 0 unspecified atom stereocenters. The van der Waals surface area contributed by atoms with Crippen LogP contribution in [0.15, 0.2) is 35.6 Å². The molecular weight excluding hydrogens is 345 g/mol. The molecule has 1 heterocycles. The topological polar surface area (TPSA) is 54.7 Å². The molecule has 0 atom stereocenters. The fourth-order valence-electron chi connectivity index (χ4n) is 2.90. The maximum Gasteiger partial charge on any atom is 0.193 e. The van der Waals surface area contributed by atoms with Crippen molar-refractivity contribution in [3.05, 3.63) is 47.8 Å². The molecule has 1 aromatic heterocycles. The molecule has 1 aliphatic carbocycles. The Morgan fingerprint density at radius 2 is 2.26 bits per heavy atom. The summed E-state index contributed by atoms with van der Waals surface area (Å²) in [6, 6.07) is 5.24. The van der Waals surface area contributed by atoms with E-state index in [2.05, 4.69) is 15.3 Å². The molecular formula is C20H28FN5O. The number of hydrogen-bond acceptors (Lipinski definition) is 3. The minimum atomic E-state index is -0.271. The van der Waals surface area contributed by atoms with Crippen molar-refractivity contribution in [3.8, 4) is 5.69 Å². The lowest BCUT2D eigenvalue weighted by atomic mass is 10.2. The molecule has 1 fully saturated rings. The van der Waals surface area contributed by atoms with E-state index in [1.54, 1.807) is 36.1 Å². The van der Waals surface area contributed by atoms with E-state index in [0.29, 0.717) is 18.8 Å². The van der Waals surface area contributed by atoms with Crippen LogP contribution < -0.4 is 5.32 Å². The second-order valence-electron chi connectivity index (χ2n) is 6.97. The summed E-state index contributed by atoms with van der Waals surface area (Å²) in [5, 5.41) is 3.27. The number of aromatic nitrogens is 2. The van der Waals surface area contributed by atoms with E-state index in [4.69, 9.17) is 4.74 Å². The Kier molecular flexibility index (Phi) is 6.45. The number of rotatable bonds is 8. The van der Waals surface area contributed by atoms with Crippen LogP contribution in [0, 0.1) is 18.7 Å². The second kappa shape index (κ2) is 8.99. The van der Waals surface area contributed by atoms with Crippen molar-refractivity contribution in [1.29, 1.82) is 0 Å². The average Bonchev–Trinajstić information content (AvgIpc) is 3.39. The molecule has 1 saturated carbocycles. The number of nitrogens with zero attached hydrogens (tertiary/aromatic N) is 4. The van der Waals surface area contributed by atoms with Gasteiger partial charge in [0.25, 0.3) is 0 Å². The van der Waals surface area contributed by atoms with Crippen molar-refractivity contribution in [1.82, 2.24) is 19.8 Å². The number of aryl methyl sites for hydroxylation is 1. The lowest BCUT2D eigenvalue weighted by Gasteiger charge is -2.22. The van der Waals surface area contributed by atoms with Gasteiger partial charge >= 0.3 is 0 Å². The Hall–Kier alpha value is -2.41. The van der Waals surface area contributed by atoms with Gasteiger partial charge in [-0.25, -0.2) is 9.37 Å². The van der Waals surface area contributed by atoms with Crippen molar-refractivity contribution >= 4 is 5.96 Å². The quantitative estimate of drug-likeness (QED) is 0.439. The molecule has 0 saturated heterocycles. The van der Waals surface area contributed by atoms with Gasteiger partial charge in [0.15, 0.2) is 5.96 Å². The van der Waals surface area contributed by atoms with Gasteiger partial charge < -0.3 is 19.5 Å². The van der Waals surface area contributed by atoms with Crippen LogP contribution in [0.5, 0.6) is 0 Å². The van der Waals surface area contributed by atoms with E-state index in [9.17, 15) is 4.39 Å². The van der Waals surface area contributed by atoms with E-state index in [1.165, 1.54) is 12.8 Å². The number of hydrogen-bond donors (Lipinski definition) is 1. The number of halogens is 1. The zero-order chi connectivity index (χ0) is 19.2. The van der Waals surface area contributed by atoms with Gasteiger partial charge in [0.1, 0.15) is 11.6 Å². The van der Waals surface area contributed by atoms with Crippen molar-refractivity contribution < 1.29 is 9.13 Å². The molecule has 27 heavy (non-hydrogen) atoms. The number of aliphatic imine (C=N–C) groups is 1. The fourth-order valence-corrected chi connectivity index (χ4v) is 2.90. The fraction of sp³-hybridized carbons (Fsp3) is 0.500. The highest BCUT2D eigenvalue weighted by Crippen LogP contribution is 2.28. The number of benzene rings is 1. The number of ether oxygens (including phenoxy) is 1. The van der Waals surface area contributed by atoms with Crippen LogP contribution in [0.1, 0.15) is 24.2 Å². The van der Waals surface area contributed by atoms with Crippen LogP contribution in [-0.4, -0.2) is 54.3 Å². The minimum Gasteiger partial charge on any atom is -0.379 e. The highest BCUT2D eigenvalue weighted by molar-refractivity contribution is 5.79. The maximum absolute atomic E-state index is 14.5. The van der Waals surface area contributed by atoms with Gasteiger partial charge in [-0.15, -0.1) is 0 Å².